The zero-order chi connectivity index (χ0) is 14.1. The van der Waals surface area contributed by atoms with E-state index >= 15 is 0 Å². The number of rotatable bonds is 9. The van der Waals surface area contributed by atoms with Gasteiger partial charge in [-0.2, -0.15) is 4.98 Å². The number of anilines is 1. The summed E-state index contributed by atoms with van der Waals surface area (Å²) in [6.45, 7) is 7.77. The van der Waals surface area contributed by atoms with Gasteiger partial charge in [0.15, 0.2) is 0 Å². The fourth-order valence-electron chi connectivity index (χ4n) is 1.99. The zero-order valence-corrected chi connectivity index (χ0v) is 12.2. The number of ether oxygens (including phenoxy) is 1. The Bertz CT molecular complexity index is 355. The molecular weight excluding hydrogens is 240 g/mol. The Balaban J connectivity index is 2.48. The van der Waals surface area contributed by atoms with Gasteiger partial charge < -0.3 is 15.8 Å². The Kier molecular flexibility index (Phi) is 7.18. The zero-order valence-electron chi connectivity index (χ0n) is 12.2. The monoisotopic (exact) mass is 266 g/mol. The molecule has 0 spiro atoms. The number of nitrogens with zero attached hydrogens (tertiary/aromatic N) is 2. The highest BCUT2D eigenvalue weighted by atomic mass is 16.5. The molecule has 108 valence electrons. The van der Waals surface area contributed by atoms with Crippen LogP contribution in [-0.4, -0.2) is 29.2 Å². The molecule has 3 N–H and O–H groups in total. The minimum absolute atomic E-state index is 0.136. The third kappa shape index (κ3) is 5.42. The summed E-state index contributed by atoms with van der Waals surface area (Å²) in [7, 11) is 0. The molecule has 1 heterocycles. The molecule has 5 heteroatoms. The van der Waals surface area contributed by atoms with E-state index in [4.69, 9.17) is 10.5 Å². The van der Waals surface area contributed by atoms with Crippen LogP contribution in [0, 0.1) is 5.92 Å². The molecule has 0 saturated carbocycles. The summed E-state index contributed by atoms with van der Waals surface area (Å²) in [5.41, 5.74) is 6.16. The van der Waals surface area contributed by atoms with Crippen molar-refractivity contribution < 1.29 is 4.74 Å². The Hall–Kier alpha value is -1.36. The number of nitrogens with two attached hydrogens (primary N) is 1. The molecule has 0 aliphatic rings. The summed E-state index contributed by atoms with van der Waals surface area (Å²) in [5, 5.41) is 3.23. The van der Waals surface area contributed by atoms with Crippen LogP contribution in [0.2, 0.25) is 0 Å². The van der Waals surface area contributed by atoms with Crippen LogP contribution >= 0.6 is 0 Å². The van der Waals surface area contributed by atoms with Gasteiger partial charge in [0.25, 0.3) is 0 Å². The van der Waals surface area contributed by atoms with Gasteiger partial charge in [-0.3, -0.25) is 4.98 Å². The minimum atomic E-state index is 0.136. The van der Waals surface area contributed by atoms with E-state index in [1.807, 2.05) is 0 Å². The van der Waals surface area contributed by atoms with Crippen LogP contribution in [0.1, 0.15) is 40.0 Å². The molecule has 0 radical (unpaired) electrons. The SMILES string of the molecule is CCCOc1cncc(NCC(N)C(CC)CC)n1. The van der Waals surface area contributed by atoms with Crippen molar-refractivity contribution in [2.24, 2.45) is 11.7 Å². The van der Waals surface area contributed by atoms with E-state index in [0.717, 1.165) is 25.1 Å². The topological polar surface area (TPSA) is 73.1 Å². The summed E-state index contributed by atoms with van der Waals surface area (Å²) >= 11 is 0. The predicted molar refractivity (Wildman–Crippen MR) is 78.4 cm³/mol. The first-order valence-corrected chi connectivity index (χ1v) is 7.15. The van der Waals surface area contributed by atoms with Gasteiger partial charge in [0.05, 0.1) is 19.0 Å². The molecule has 1 aromatic heterocycles. The molecule has 5 nitrogen and oxygen atoms in total. The Morgan fingerprint density at radius 1 is 1.26 bits per heavy atom. The molecule has 0 aliphatic carbocycles. The van der Waals surface area contributed by atoms with Crippen molar-refractivity contribution in [3.63, 3.8) is 0 Å². The summed E-state index contributed by atoms with van der Waals surface area (Å²) in [6, 6.07) is 0.136. The van der Waals surface area contributed by atoms with Crippen LogP contribution in [0.5, 0.6) is 5.88 Å². The molecule has 1 aromatic rings. The summed E-state index contributed by atoms with van der Waals surface area (Å²) in [4.78, 5) is 8.45. The van der Waals surface area contributed by atoms with Crippen LogP contribution in [0.3, 0.4) is 0 Å². The van der Waals surface area contributed by atoms with Crippen molar-refractivity contribution in [1.82, 2.24) is 9.97 Å². The second kappa shape index (κ2) is 8.69. The third-order valence-electron chi connectivity index (χ3n) is 3.24. The first-order chi connectivity index (χ1) is 9.21. The molecule has 1 rings (SSSR count). The second-order valence-electron chi connectivity index (χ2n) is 4.71. The Morgan fingerprint density at radius 2 is 2.00 bits per heavy atom. The highest BCUT2D eigenvalue weighted by Crippen LogP contribution is 2.13. The normalized spacial score (nSPS) is 12.5. The van der Waals surface area contributed by atoms with E-state index in [0.29, 0.717) is 24.9 Å². The quantitative estimate of drug-likeness (QED) is 0.718. The second-order valence-corrected chi connectivity index (χ2v) is 4.71. The number of hydrogen-bond acceptors (Lipinski definition) is 5. The van der Waals surface area contributed by atoms with Gasteiger partial charge in [-0.25, -0.2) is 0 Å². The average Bonchev–Trinajstić information content (AvgIpc) is 2.44. The Morgan fingerprint density at radius 3 is 2.63 bits per heavy atom. The first-order valence-electron chi connectivity index (χ1n) is 7.15. The van der Waals surface area contributed by atoms with Crippen molar-refractivity contribution in [3.8, 4) is 5.88 Å². The molecule has 0 fully saturated rings. The molecule has 1 unspecified atom stereocenters. The standard InChI is InChI=1S/C14H26N4O/c1-4-7-19-14-10-16-9-13(18-14)17-8-12(15)11(5-2)6-3/h9-12H,4-8,15H2,1-3H3,(H,17,18). The van der Waals surface area contributed by atoms with Gasteiger partial charge in [-0.1, -0.05) is 33.6 Å². The minimum Gasteiger partial charge on any atom is -0.477 e. The predicted octanol–water partition coefficient (Wildman–Crippen LogP) is 2.44. The molecule has 19 heavy (non-hydrogen) atoms. The molecule has 0 aromatic carbocycles. The maximum absolute atomic E-state index is 6.16. The van der Waals surface area contributed by atoms with E-state index in [1.165, 1.54) is 0 Å². The fraction of sp³-hybridized carbons (Fsp3) is 0.714. The molecule has 0 saturated heterocycles. The molecular formula is C14H26N4O. The maximum Gasteiger partial charge on any atom is 0.234 e. The lowest BCUT2D eigenvalue weighted by Gasteiger charge is -2.21. The smallest absolute Gasteiger partial charge is 0.234 e. The van der Waals surface area contributed by atoms with E-state index in [9.17, 15) is 0 Å². The number of aromatic nitrogens is 2. The van der Waals surface area contributed by atoms with Crippen LogP contribution in [0.25, 0.3) is 0 Å². The van der Waals surface area contributed by atoms with Gasteiger partial charge >= 0.3 is 0 Å². The van der Waals surface area contributed by atoms with Crippen LogP contribution in [-0.2, 0) is 0 Å². The van der Waals surface area contributed by atoms with Gasteiger partial charge in [0, 0.05) is 12.6 Å². The number of hydrogen-bond donors (Lipinski definition) is 2. The van der Waals surface area contributed by atoms with Crippen molar-refractivity contribution in [1.29, 1.82) is 0 Å². The maximum atomic E-state index is 6.16. The van der Waals surface area contributed by atoms with E-state index < -0.39 is 0 Å². The van der Waals surface area contributed by atoms with Crippen LogP contribution < -0.4 is 15.8 Å². The van der Waals surface area contributed by atoms with Crippen molar-refractivity contribution in [2.45, 2.75) is 46.1 Å². The summed E-state index contributed by atoms with van der Waals surface area (Å²) in [5.74, 6) is 1.82. The van der Waals surface area contributed by atoms with Crippen LogP contribution in [0.15, 0.2) is 12.4 Å². The largest absolute Gasteiger partial charge is 0.477 e. The lowest BCUT2D eigenvalue weighted by atomic mass is 9.95. The van der Waals surface area contributed by atoms with Crippen molar-refractivity contribution >= 4 is 5.82 Å². The summed E-state index contributed by atoms with van der Waals surface area (Å²) < 4.78 is 5.45. The number of nitrogens with one attached hydrogen (secondary N) is 1. The first kappa shape index (κ1) is 15.7. The average molecular weight is 266 g/mol. The molecule has 1 atom stereocenters. The molecule has 0 amide bonds. The van der Waals surface area contributed by atoms with Crippen LogP contribution in [0.4, 0.5) is 5.82 Å². The van der Waals surface area contributed by atoms with Gasteiger partial charge in [0.1, 0.15) is 5.82 Å². The van der Waals surface area contributed by atoms with E-state index in [-0.39, 0.29) is 6.04 Å². The van der Waals surface area contributed by atoms with E-state index in [2.05, 4.69) is 36.1 Å². The lowest BCUT2D eigenvalue weighted by molar-refractivity contribution is 0.304. The van der Waals surface area contributed by atoms with E-state index in [1.54, 1.807) is 12.4 Å². The molecule has 0 bridgehead atoms. The lowest BCUT2D eigenvalue weighted by Crippen LogP contribution is -2.36. The highest BCUT2D eigenvalue weighted by molar-refractivity contribution is 5.33. The third-order valence-corrected chi connectivity index (χ3v) is 3.24. The van der Waals surface area contributed by atoms with Gasteiger partial charge in [-0.05, 0) is 12.3 Å². The highest BCUT2D eigenvalue weighted by Gasteiger charge is 2.13. The Labute approximate surface area is 116 Å². The fourth-order valence-corrected chi connectivity index (χ4v) is 1.99. The summed E-state index contributed by atoms with van der Waals surface area (Å²) in [6.07, 6.45) is 6.48. The van der Waals surface area contributed by atoms with Gasteiger partial charge in [0.2, 0.25) is 5.88 Å². The van der Waals surface area contributed by atoms with Crippen molar-refractivity contribution in [2.75, 3.05) is 18.5 Å². The van der Waals surface area contributed by atoms with Gasteiger partial charge in [-0.15, -0.1) is 0 Å². The molecule has 0 aliphatic heterocycles. The van der Waals surface area contributed by atoms with Crippen molar-refractivity contribution in [3.05, 3.63) is 12.4 Å².